The number of likely N-dealkylation sites (tertiary alicyclic amines) is 1. The van der Waals surface area contributed by atoms with Gasteiger partial charge < -0.3 is 14.5 Å². The van der Waals surface area contributed by atoms with Crippen LogP contribution in [-0.2, 0) is 16.1 Å². The van der Waals surface area contributed by atoms with Gasteiger partial charge in [-0.2, -0.15) is 0 Å². The zero-order valence-corrected chi connectivity index (χ0v) is 15.0. The van der Waals surface area contributed by atoms with Gasteiger partial charge >= 0.3 is 0 Å². The summed E-state index contributed by atoms with van der Waals surface area (Å²) in [4.78, 5) is 17.0. The van der Waals surface area contributed by atoms with Crippen LogP contribution in [0.4, 0.5) is 4.39 Å². The summed E-state index contributed by atoms with van der Waals surface area (Å²) in [7, 11) is 3.76. The summed E-state index contributed by atoms with van der Waals surface area (Å²) in [5, 5.41) is 0. The summed E-state index contributed by atoms with van der Waals surface area (Å²) in [5.74, 6) is 0.312. The molecule has 4 nitrogen and oxygen atoms in total. The highest BCUT2D eigenvalue weighted by Crippen LogP contribution is 2.22. The number of methoxy groups -OCH3 is 1. The van der Waals surface area contributed by atoms with E-state index >= 15 is 0 Å². The Labute approximate surface area is 144 Å². The first kappa shape index (κ1) is 18.9. The minimum absolute atomic E-state index is 0.0305. The summed E-state index contributed by atoms with van der Waals surface area (Å²) in [5.41, 5.74) is 0.815. The van der Waals surface area contributed by atoms with Crippen molar-refractivity contribution in [2.45, 2.75) is 38.8 Å². The van der Waals surface area contributed by atoms with Crippen LogP contribution in [0, 0.1) is 11.7 Å². The summed E-state index contributed by atoms with van der Waals surface area (Å²) >= 11 is 0. The van der Waals surface area contributed by atoms with E-state index in [1.165, 1.54) is 12.1 Å². The van der Waals surface area contributed by atoms with Crippen LogP contribution >= 0.6 is 0 Å². The lowest BCUT2D eigenvalue weighted by Gasteiger charge is -2.33. The molecule has 1 fully saturated rings. The third-order valence-electron chi connectivity index (χ3n) is 4.80. The van der Waals surface area contributed by atoms with Crippen molar-refractivity contribution >= 4 is 5.91 Å². The van der Waals surface area contributed by atoms with Gasteiger partial charge in [0.15, 0.2) is 0 Å². The van der Waals surface area contributed by atoms with Crippen molar-refractivity contribution in [1.82, 2.24) is 9.80 Å². The molecule has 24 heavy (non-hydrogen) atoms. The number of carbonyl (C=O) groups excluding carboxylic acids is 1. The van der Waals surface area contributed by atoms with Gasteiger partial charge in [0.25, 0.3) is 0 Å². The second-order valence-corrected chi connectivity index (χ2v) is 6.91. The van der Waals surface area contributed by atoms with Crippen LogP contribution < -0.4 is 0 Å². The zero-order chi connectivity index (χ0) is 17.5. The molecule has 0 radical (unpaired) electrons. The Morgan fingerprint density at radius 1 is 1.42 bits per heavy atom. The van der Waals surface area contributed by atoms with Gasteiger partial charge in [-0.05, 0) is 63.5 Å². The van der Waals surface area contributed by atoms with E-state index < -0.39 is 0 Å². The van der Waals surface area contributed by atoms with Crippen LogP contribution in [0.5, 0.6) is 0 Å². The molecular weight excluding hydrogens is 307 g/mol. The number of rotatable bonds is 7. The third kappa shape index (κ3) is 5.56. The van der Waals surface area contributed by atoms with Gasteiger partial charge in [-0.3, -0.25) is 4.79 Å². The van der Waals surface area contributed by atoms with Gasteiger partial charge in [0.05, 0.1) is 12.6 Å². The van der Waals surface area contributed by atoms with E-state index in [-0.39, 0.29) is 17.8 Å². The van der Waals surface area contributed by atoms with Crippen LogP contribution in [0.3, 0.4) is 0 Å². The maximum Gasteiger partial charge on any atom is 0.223 e. The second kappa shape index (κ2) is 9.14. The summed E-state index contributed by atoms with van der Waals surface area (Å²) < 4.78 is 18.7. The first-order valence-electron chi connectivity index (χ1n) is 8.71. The molecule has 2 rings (SSSR count). The Morgan fingerprint density at radius 2 is 2.12 bits per heavy atom. The van der Waals surface area contributed by atoms with Gasteiger partial charge in [0, 0.05) is 20.1 Å². The highest BCUT2D eigenvalue weighted by molar-refractivity contribution is 5.76. The standard InChI is InChI=1S/C19H29FN2O2/c1-15(14-24-3)22(13-17-5-4-6-18(20)11-17)19(23)12-16-7-9-21(2)10-8-16/h4-6,11,15-16H,7-10,12-14H2,1-3H3. The fourth-order valence-corrected chi connectivity index (χ4v) is 3.28. The normalized spacial score (nSPS) is 17.7. The van der Waals surface area contributed by atoms with Crippen LogP contribution in [0.25, 0.3) is 0 Å². The molecule has 1 atom stereocenters. The maximum absolute atomic E-state index is 13.4. The van der Waals surface area contributed by atoms with E-state index in [0.29, 0.717) is 25.5 Å². The third-order valence-corrected chi connectivity index (χ3v) is 4.80. The molecule has 1 saturated heterocycles. The first-order valence-corrected chi connectivity index (χ1v) is 8.71. The van der Waals surface area contributed by atoms with E-state index in [0.717, 1.165) is 31.5 Å². The average Bonchev–Trinajstić information content (AvgIpc) is 2.55. The van der Waals surface area contributed by atoms with E-state index in [1.807, 2.05) is 17.9 Å². The fraction of sp³-hybridized carbons (Fsp3) is 0.632. The van der Waals surface area contributed by atoms with Crippen molar-refractivity contribution in [3.8, 4) is 0 Å². The number of ether oxygens (including phenoxy) is 1. The molecule has 5 heteroatoms. The molecule has 0 spiro atoms. The van der Waals surface area contributed by atoms with Crippen LogP contribution in [0.2, 0.25) is 0 Å². The number of amides is 1. The highest BCUT2D eigenvalue weighted by Gasteiger charge is 2.25. The predicted octanol–water partition coefficient (Wildman–Crippen LogP) is 2.92. The minimum atomic E-state index is -0.269. The van der Waals surface area contributed by atoms with Crippen molar-refractivity contribution in [2.24, 2.45) is 5.92 Å². The first-order chi connectivity index (χ1) is 11.5. The minimum Gasteiger partial charge on any atom is -0.383 e. The van der Waals surface area contributed by atoms with Crippen LogP contribution in [0.15, 0.2) is 24.3 Å². The van der Waals surface area contributed by atoms with Crippen molar-refractivity contribution in [1.29, 1.82) is 0 Å². The number of nitrogens with zero attached hydrogens (tertiary/aromatic N) is 2. The summed E-state index contributed by atoms with van der Waals surface area (Å²) in [6.45, 7) is 4.99. The van der Waals surface area contributed by atoms with Crippen LogP contribution in [0.1, 0.15) is 31.7 Å². The number of carbonyl (C=O) groups is 1. The molecule has 1 amide bonds. The smallest absolute Gasteiger partial charge is 0.223 e. The molecule has 0 aliphatic carbocycles. The molecule has 1 aliphatic heterocycles. The van der Waals surface area contributed by atoms with Gasteiger partial charge in [0.2, 0.25) is 5.91 Å². The molecule has 1 unspecified atom stereocenters. The summed E-state index contributed by atoms with van der Waals surface area (Å²) in [6.07, 6.45) is 2.70. The Kier molecular flexibility index (Phi) is 7.18. The Hall–Kier alpha value is -1.46. The van der Waals surface area contributed by atoms with Crippen molar-refractivity contribution in [3.63, 3.8) is 0 Å². The van der Waals surface area contributed by atoms with Crippen molar-refractivity contribution < 1.29 is 13.9 Å². The predicted molar refractivity (Wildman–Crippen MR) is 93.1 cm³/mol. The van der Waals surface area contributed by atoms with Crippen molar-refractivity contribution in [3.05, 3.63) is 35.6 Å². The quantitative estimate of drug-likeness (QED) is 0.767. The Morgan fingerprint density at radius 3 is 2.75 bits per heavy atom. The Balaban J connectivity index is 2.02. The Bertz CT molecular complexity index is 530. The van der Waals surface area contributed by atoms with Gasteiger partial charge in [0.1, 0.15) is 5.82 Å². The maximum atomic E-state index is 13.4. The molecule has 1 aromatic rings. The molecule has 0 N–H and O–H groups in total. The summed E-state index contributed by atoms with van der Waals surface area (Å²) in [6, 6.07) is 6.43. The lowest BCUT2D eigenvalue weighted by molar-refractivity contribution is -0.136. The van der Waals surface area contributed by atoms with E-state index in [1.54, 1.807) is 13.2 Å². The highest BCUT2D eigenvalue weighted by atomic mass is 19.1. The molecule has 1 heterocycles. The van der Waals surface area contributed by atoms with Gasteiger partial charge in [-0.25, -0.2) is 4.39 Å². The molecule has 1 aliphatic rings. The van der Waals surface area contributed by atoms with E-state index in [9.17, 15) is 9.18 Å². The zero-order valence-electron chi connectivity index (χ0n) is 15.0. The number of hydrogen-bond acceptors (Lipinski definition) is 3. The molecular formula is C19H29FN2O2. The molecule has 0 bridgehead atoms. The number of halogens is 1. The number of benzene rings is 1. The fourth-order valence-electron chi connectivity index (χ4n) is 3.28. The van der Waals surface area contributed by atoms with Gasteiger partial charge in [-0.15, -0.1) is 0 Å². The molecule has 134 valence electrons. The average molecular weight is 336 g/mol. The topological polar surface area (TPSA) is 32.8 Å². The van der Waals surface area contributed by atoms with Gasteiger partial charge in [-0.1, -0.05) is 12.1 Å². The van der Waals surface area contributed by atoms with Crippen molar-refractivity contribution in [2.75, 3.05) is 33.9 Å². The number of piperidine rings is 1. The molecule has 0 aromatic heterocycles. The monoisotopic (exact) mass is 336 g/mol. The molecule has 0 saturated carbocycles. The van der Waals surface area contributed by atoms with E-state index in [2.05, 4.69) is 11.9 Å². The lowest BCUT2D eigenvalue weighted by atomic mass is 9.93. The lowest BCUT2D eigenvalue weighted by Crippen LogP contribution is -2.42. The second-order valence-electron chi connectivity index (χ2n) is 6.91. The largest absolute Gasteiger partial charge is 0.383 e. The van der Waals surface area contributed by atoms with E-state index in [4.69, 9.17) is 4.74 Å². The molecule has 1 aromatic carbocycles. The SMILES string of the molecule is COCC(C)N(Cc1cccc(F)c1)C(=O)CC1CCN(C)CC1. The van der Waals surface area contributed by atoms with Crippen LogP contribution in [-0.4, -0.2) is 55.6 Å². The number of hydrogen-bond donors (Lipinski definition) is 0.